The van der Waals surface area contributed by atoms with Crippen molar-refractivity contribution in [3.8, 4) is 0 Å². The fourth-order valence-corrected chi connectivity index (χ4v) is 2.88. The van der Waals surface area contributed by atoms with Crippen LogP contribution in [0.1, 0.15) is 58.8 Å². The first-order chi connectivity index (χ1) is 6.79. The third-order valence-electron chi connectivity index (χ3n) is 4.10. The SMILES string of the molecule is CCCC1CCC(NC2CC2C)CC1. The summed E-state index contributed by atoms with van der Waals surface area (Å²) in [5, 5.41) is 3.81. The molecular formula is C13H25N. The average molecular weight is 195 g/mol. The van der Waals surface area contributed by atoms with Gasteiger partial charge in [0.25, 0.3) is 0 Å². The van der Waals surface area contributed by atoms with Gasteiger partial charge in [0, 0.05) is 12.1 Å². The van der Waals surface area contributed by atoms with Crippen LogP contribution in [0.4, 0.5) is 0 Å². The van der Waals surface area contributed by atoms with Gasteiger partial charge in [-0.25, -0.2) is 0 Å². The minimum absolute atomic E-state index is 0.859. The number of nitrogens with one attached hydrogen (secondary N) is 1. The second kappa shape index (κ2) is 4.65. The van der Waals surface area contributed by atoms with Gasteiger partial charge >= 0.3 is 0 Å². The van der Waals surface area contributed by atoms with Crippen LogP contribution in [0, 0.1) is 11.8 Å². The van der Waals surface area contributed by atoms with E-state index in [-0.39, 0.29) is 0 Å². The van der Waals surface area contributed by atoms with Crippen molar-refractivity contribution in [1.82, 2.24) is 5.32 Å². The van der Waals surface area contributed by atoms with Crippen molar-refractivity contribution in [3.63, 3.8) is 0 Å². The van der Waals surface area contributed by atoms with Crippen LogP contribution >= 0.6 is 0 Å². The normalized spacial score (nSPS) is 42.4. The Morgan fingerprint density at radius 3 is 2.29 bits per heavy atom. The summed E-state index contributed by atoms with van der Waals surface area (Å²) in [6, 6.07) is 1.74. The van der Waals surface area contributed by atoms with Gasteiger partial charge < -0.3 is 5.32 Å². The summed E-state index contributed by atoms with van der Waals surface area (Å²) in [6.45, 7) is 4.68. The third-order valence-corrected chi connectivity index (χ3v) is 4.10. The van der Waals surface area contributed by atoms with E-state index in [1.54, 1.807) is 0 Å². The zero-order chi connectivity index (χ0) is 9.97. The van der Waals surface area contributed by atoms with Gasteiger partial charge in [0.1, 0.15) is 0 Å². The molecule has 2 saturated carbocycles. The Hall–Kier alpha value is -0.0400. The van der Waals surface area contributed by atoms with Crippen LogP contribution in [0.15, 0.2) is 0 Å². The molecule has 0 radical (unpaired) electrons. The minimum atomic E-state index is 0.859. The molecule has 82 valence electrons. The Balaban J connectivity index is 1.63. The van der Waals surface area contributed by atoms with E-state index >= 15 is 0 Å². The molecule has 0 aliphatic heterocycles. The molecule has 2 aliphatic carbocycles. The lowest BCUT2D eigenvalue weighted by molar-refractivity contribution is 0.275. The van der Waals surface area contributed by atoms with E-state index in [0.717, 1.165) is 23.9 Å². The smallest absolute Gasteiger partial charge is 0.00989 e. The van der Waals surface area contributed by atoms with Gasteiger partial charge in [-0.05, 0) is 43.9 Å². The van der Waals surface area contributed by atoms with Crippen molar-refractivity contribution in [2.75, 3.05) is 0 Å². The first-order valence-corrected chi connectivity index (χ1v) is 6.55. The van der Waals surface area contributed by atoms with Crippen molar-refractivity contribution in [3.05, 3.63) is 0 Å². The first-order valence-electron chi connectivity index (χ1n) is 6.55. The van der Waals surface area contributed by atoms with Crippen LogP contribution in [0.5, 0.6) is 0 Å². The van der Waals surface area contributed by atoms with E-state index in [4.69, 9.17) is 0 Å². The highest BCUT2D eigenvalue weighted by Crippen LogP contribution is 2.33. The second-order valence-corrected chi connectivity index (χ2v) is 5.49. The maximum Gasteiger partial charge on any atom is 0.00989 e. The summed E-state index contributed by atoms with van der Waals surface area (Å²) in [5.74, 6) is 2.01. The molecule has 0 bridgehead atoms. The van der Waals surface area contributed by atoms with Crippen LogP contribution in [0.25, 0.3) is 0 Å². The fraction of sp³-hybridized carbons (Fsp3) is 1.00. The van der Waals surface area contributed by atoms with Crippen molar-refractivity contribution in [1.29, 1.82) is 0 Å². The molecule has 2 rings (SSSR count). The quantitative estimate of drug-likeness (QED) is 0.725. The van der Waals surface area contributed by atoms with Gasteiger partial charge in [0.2, 0.25) is 0 Å². The fourth-order valence-electron chi connectivity index (χ4n) is 2.88. The summed E-state index contributed by atoms with van der Waals surface area (Å²) in [6.07, 6.45) is 10.1. The van der Waals surface area contributed by atoms with Crippen LogP contribution in [0.3, 0.4) is 0 Å². The Morgan fingerprint density at radius 1 is 1.14 bits per heavy atom. The molecule has 2 aliphatic rings. The van der Waals surface area contributed by atoms with Gasteiger partial charge in [0.05, 0.1) is 0 Å². The van der Waals surface area contributed by atoms with Gasteiger partial charge in [0.15, 0.2) is 0 Å². The summed E-state index contributed by atoms with van der Waals surface area (Å²) < 4.78 is 0. The molecule has 2 unspecified atom stereocenters. The van der Waals surface area contributed by atoms with Crippen molar-refractivity contribution in [2.24, 2.45) is 11.8 Å². The zero-order valence-electron chi connectivity index (χ0n) is 9.76. The van der Waals surface area contributed by atoms with E-state index in [9.17, 15) is 0 Å². The van der Waals surface area contributed by atoms with E-state index < -0.39 is 0 Å². The summed E-state index contributed by atoms with van der Waals surface area (Å²) in [4.78, 5) is 0. The Labute approximate surface area is 88.7 Å². The number of hydrogen-bond donors (Lipinski definition) is 1. The molecule has 1 nitrogen and oxygen atoms in total. The van der Waals surface area contributed by atoms with Crippen LogP contribution < -0.4 is 5.32 Å². The maximum atomic E-state index is 3.81. The maximum absolute atomic E-state index is 3.81. The molecule has 0 saturated heterocycles. The van der Waals surface area contributed by atoms with E-state index in [1.165, 1.54) is 44.9 Å². The predicted molar refractivity (Wildman–Crippen MR) is 61.4 cm³/mol. The summed E-state index contributed by atoms with van der Waals surface area (Å²) in [5.41, 5.74) is 0. The van der Waals surface area contributed by atoms with Crippen LogP contribution in [-0.4, -0.2) is 12.1 Å². The molecule has 2 fully saturated rings. The predicted octanol–water partition coefficient (Wildman–Crippen LogP) is 3.34. The highest BCUT2D eigenvalue weighted by Gasteiger charge is 2.34. The summed E-state index contributed by atoms with van der Waals surface area (Å²) >= 11 is 0. The van der Waals surface area contributed by atoms with Crippen molar-refractivity contribution >= 4 is 0 Å². The molecule has 0 aromatic heterocycles. The lowest BCUT2D eigenvalue weighted by Crippen LogP contribution is -2.35. The zero-order valence-corrected chi connectivity index (χ0v) is 9.76. The number of hydrogen-bond acceptors (Lipinski definition) is 1. The molecule has 0 aromatic rings. The molecule has 14 heavy (non-hydrogen) atoms. The van der Waals surface area contributed by atoms with Crippen LogP contribution in [0.2, 0.25) is 0 Å². The van der Waals surface area contributed by atoms with Gasteiger partial charge in [-0.2, -0.15) is 0 Å². The second-order valence-electron chi connectivity index (χ2n) is 5.49. The lowest BCUT2D eigenvalue weighted by Gasteiger charge is -2.29. The van der Waals surface area contributed by atoms with E-state index in [1.807, 2.05) is 0 Å². The highest BCUT2D eigenvalue weighted by molar-refractivity contribution is 4.93. The molecule has 0 aromatic carbocycles. The first kappa shape index (κ1) is 10.5. The molecule has 2 atom stereocenters. The van der Waals surface area contributed by atoms with Crippen molar-refractivity contribution in [2.45, 2.75) is 70.9 Å². The Bertz CT molecular complexity index is 170. The Kier molecular flexibility index (Phi) is 3.48. The number of rotatable bonds is 4. The average Bonchev–Trinajstić information content (AvgIpc) is 2.86. The van der Waals surface area contributed by atoms with E-state index in [2.05, 4.69) is 19.2 Å². The molecule has 0 heterocycles. The molecule has 1 N–H and O–H groups in total. The lowest BCUT2D eigenvalue weighted by atomic mass is 9.83. The standard InChI is InChI=1S/C13H25N/c1-3-4-11-5-7-12(8-6-11)14-13-9-10(13)2/h10-14H,3-9H2,1-2H3. The van der Waals surface area contributed by atoms with Gasteiger partial charge in [-0.15, -0.1) is 0 Å². The topological polar surface area (TPSA) is 12.0 Å². The van der Waals surface area contributed by atoms with E-state index in [0.29, 0.717) is 0 Å². The van der Waals surface area contributed by atoms with Gasteiger partial charge in [-0.1, -0.05) is 26.7 Å². The Morgan fingerprint density at radius 2 is 1.79 bits per heavy atom. The molecule has 1 heteroatoms. The largest absolute Gasteiger partial charge is 0.311 e. The minimum Gasteiger partial charge on any atom is -0.311 e. The van der Waals surface area contributed by atoms with Gasteiger partial charge in [-0.3, -0.25) is 0 Å². The van der Waals surface area contributed by atoms with Crippen molar-refractivity contribution < 1.29 is 0 Å². The molecule has 0 spiro atoms. The molecular weight excluding hydrogens is 170 g/mol. The van der Waals surface area contributed by atoms with Crippen LogP contribution in [-0.2, 0) is 0 Å². The summed E-state index contributed by atoms with van der Waals surface area (Å²) in [7, 11) is 0. The highest BCUT2D eigenvalue weighted by atomic mass is 15.0. The monoisotopic (exact) mass is 195 g/mol. The third kappa shape index (κ3) is 2.73. The molecule has 0 amide bonds.